The van der Waals surface area contributed by atoms with E-state index in [1.54, 1.807) is 0 Å². The van der Waals surface area contributed by atoms with Crippen LogP contribution in [0.15, 0.2) is 5.38 Å². The Morgan fingerprint density at radius 2 is 2.20 bits per heavy atom. The van der Waals surface area contributed by atoms with E-state index >= 15 is 0 Å². The van der Waals surface area contributed by atoms with Gasteiger partial charge in [-0.25, -0.2) is 9.78 Å². The van der Waals surface area contributed by atoms with Crippen LogP contribution in [0.5, 0.6) is 0 Å². The second-order valence-electron chi connectivity index (χ2n) is 6.33. The van der Waals surface area contributed by atoms with Crippen LogP contribution >= 0.6 is 11.3 Å². The van der Waals surface area contributed by atoms with Crippen molar-refractivity contribution in [3.8, 4) is 0 Å². The fourth-order valence-corrected chi connectivity index (χ4v) is 2.42. The number of anilines is 1. The molecule has 0 spiro atoms. The van der Waals surface area contributed by atoms with Gasteiger partial charge in [-0.05, 0) is 24.2 Å². The molecule has 1 heterocycles. The molecular weight excluding hydrogens is 274 g/mol. The Morgan fingerprint density at radius 1 is 1.50 bits per heavy atom. The molecule has 1 aromatic heterocycles. The van der Waals surface area contributed by atoms with Gasteiger partial charge >= 0.3 is 6.03 Å². The van der Waals surface area contributed by atoms with Gasteiger partial charge in [-0.1, -0.05) is 27.7 Å². The van der Waals surface area contributed by atoms with Crippen molar-refractivity contribution in [1.82, 2.24) is 10.3 Å². The predicted octanol–water partition coefficient (Wildman–Crippen LogP) is 2.87. The first kappa shape index (κ1) is 16.9. The molecule has 2 amide bonds. The zero-order chi connectivity index (χ0) is 15.2. The molecule has 0 aliphatic rings. The number of rotatable bonds is 6. The molecule has 6 heteroatoms. The number of thiazole rings is 1. The molecule has 1 aromatic rings. The van der Waals surface area contributed by atoms with Gasteiger partial charge in [0.15, 0.2) is 5.13 Å². The van der Waals surface area contributed by atoms with E-state index in [0.29, 0.717) is 18.1 Å². The molecule has 0 aromatic carbocycles. The average molecular weight is 299 g/mol. The highest BCUT2D eigenvalue weighted by Gasteiger charge is 2.14. The zero-order valence-corrected chi connectivity index (χ0v) is 13.5. The SMILES string of the molecule is CC(CCO)CNC(=O)Nc1nc(CC(C)(C)C)cs1. The van der Waals surface area contributed by atoms with Crippen LogP contribution in [0.1, 0.15) is 39.8 Å². The fourth-order valence-electron chi connectivity index (χ4n) is 1.72. The van der Waals surface area contributed by atoms with E-state index in [-0.39, 0.29) is 24.0 Å². The minimum Gasteiger partial charge on any atom is -0.396 e. The largest absolute Gasteiger partial charge is 0.396 e. The maximum atomic E-state index is 11.7. The van der Waals surface area contributed by atoms with Gasteiger partial charge in [0.05, 0.1) is 5.69 Å². The highest BCUT2D eigenvalue weighted by atomic mass is 32.1. The number of urea groups is 1. The van der Waals surface area contributed by atoms with Gasteiger partial charge < -0.3 is 10.4 Å². The van der Waals surface area contributed by atoms with Crippen molar-refractivity contribution in [2.45, 2.75) is 40.5 Å². The summed E-state index contributed by atoms with van der Waals surface area (Å²) >= 11 is 1.44. The van der Waals surface area contributed by atoms with Crippen LogP contribution in [0.4, 0.5) is 9.93 Å². The van der Waals surface area contributed by atoms with Crippen molar-refractivity contribution < 1.29 is 9.90 Å². The number of nitrogens with zero attached hydrogens (tertiary/aromatic N) is 1. The Labute approximate surface area is 124 Å². The topological polar surface area (TPSA) is 74.2 Å². The Hall–Kier alpha value is -1.14. The van der Waals surface area contributed by atoms with Crippen LogP contribution in [0.25, 0.3) is 0 Å². The first-order valence-corrected chi connectivity index (χ1v) is 7.78. The first-order valence-electron chi connectivity index (χ1n) is 6.90. The molecule has 1 unspecified atom stereocenters. The number of amides is 2. The molecule has 1 rings (SSSR count). The van der Waals surface area contributed by atoms with E-state index in [4.69, 9.17) is 5.11 Å². The number of aromatic nitrogens is 1. The molecule has 0 bridgehead atoms. The van der Waals surface area contributed by atoms with Crippen molar-refractivity contribution in [2.75, 3.05) is 18.5 Å². The van der Waals surface area contributed by atoms with Crippen LogP contribution < -0.4 is 10.6 Å². The van der Waals surface area contributed by atoms with Crippen LogP contribution in [0.2, 0.25) is 0 Å². The van der Waals surface area contributed by atoms with E-state index in [2.05, 4.69) is 36.4 Å². The molecule has 0 radical (unpaired) electrons. The summed E-state index contributed by atoms with van der Waals surface area (Å²) in [5, 5.41) is 16.9. The summed E-state index contributed by atoms with van der Waals surface area (Å²) in [6, 6.07) is -0.244. The summed E-state index contributed by atoms with van der Waals surface area (Å²) < 4.78 is 0. The molecule has 0 fully saturated rings. The molecule has 0 saturated heterocycles. The Bertz CT molecular complexity index is 426. The second kappa shape index (κ2) is 7.59. The first-order chi connectivity index (χ1) is 9.30. The van der Waals surface area contributed by atoms with E-state index < -0.39 is 0 Å². The van der Waals surface area contributed by atoms with E-state index in [0.717, 1.165) is 12.1 Å². The molecule has 0 aliphatic carbocycles. The second-order valence-corrected chi connectivity index (χ2v) is 7.19. The Kier molecular flexibility index (Phi) is 6.42. The number of carbonyl (C=O) groups is 1. The smallest absolute Gasteiger partial charge is 0.321 e. The third-order valence-corrected chi connectivity index (χ3v) is 3.52. The fraction of sp³-hybridized carbons (Fsp3) is 0.714. The van der Waals surface area contributed by atoms with Gasteiger partial charge in [-0.15, -0.1) is 11.3 Å². The van der Waals surface area contributed by atoms with Crippen LogP contribution in [0.3, 0.4) is 0 Å². The highest BCUT2D eigenvalue weighted by Crippen LogP contribution is 2.23. The van der Waals surface area contributed by atoms with Gasteiger partial charge in [0.2, 0.25) is 0 Å². The lowest BCUT2D eigenvalue weighted by Gasteiger charge is -2.15. The number of carbonyl (C=O) groups excluding carboxylic acids is 1. The standard InChI is InChI=1S/C14H25N3O2S/c1-10(5-6-18)8-15-12(19)17-13-16-11(9-20-13)7-14(2,3)4/h9-10,18H,5-8H2,1-4H3,(H2,15,16,17,19). The average Bonchev–Trinajstić information content (AvgIpc) is 2.71. The monoisotopic (exact) mass is 299 g/mol. The number of hydrogen-bond donors (Lipinski definition) is 3. The van der Waals surface area contributed by atoms with E-state index in [9.17, 15) is 4.79 Å². The number of aliphatic hydroxyl groups excluding tert-OH is 1. The number of nitrogens with one attached hydrogen (secondary N) is 2. The summed E-state index contributed by atoms with van der Waals surface area (Å²) in [6.45, 7) is 9.17. The van der Waals surface area contributed by atoms with Crippen molar-refractivity contribution >= 4 is 22.5 Å². The summed E-state index contributed by atoms with van der Waals surface area (Å²) in [7, 11) is 0. The zero-order valence-electron chi connectivity index (χ0n) is 12.7. The lowest BCUT2D eigenvalue weighted by molar-refractivity contribution is 0.243. The van der Waals surface area contributed by atoms with E-state index in [1.807, 2.05) is 12.3 Å². The number of hydrogen-bond acceptors (Lipinski definition) is 4. The molecular formula is C14H25N3O2S. The Morgan fingerprint density at radius 3 is 2.80 bits per heavy atom. The molecule has 3 N–H and O–H groups in total. The maximum Gasteiger partial charge on any atom is 0.321 e. The van der Waals surface area contributed by atoms with Gasteiger partial charge in [0, 0.05) is 18.5 Å². The van der Waals surface area contributed by atoms with Gasteiger partial charge in [-0.3, -0.25) is 5.32 Å². The lowest BCUT2D eigenvalue weighted by atomic mass is 9.91. The Balaban J connectivity index is 2.39. The predicted molar refractivity (Wildman–Crippen MR) is 83.2 cm³/mol. The molecule has 114 valence electrons. The lowest BCUT2D eigenvalue weighted by Crippen LogP contribution is -2.32. The molecule has 1 atom stereocenters. The summed E-state index contributed by atoms with van der Waals surface area (Å²) in [5.41, 5.74) is 1.19. The normalized spacial score (nSPS) is 13.1. The summed E-state index contributed by atoms with van der Waals surface area (Å²) in [5.74, 6) is 0.262. The molecule has 0 aliphatic heterocycles. The molecule has 20 heavy (non-hydrogen) atoms. The van der Waals surface area contributed by atoms with Crippen LogP contribution in [0, 0.1) is 11.3 Å². The van der Waals surface area contributed by atoms with Crippen molar-refractivity contribution in [2.24, 2.45) is 11.3 Å². The highest BCUT2D eigenvalue weighted by molar-refractivity contribution is 7.13. The van der Waals surface area contributed by atoms with Crippen LogP contribution in [-0.4, -0.2) is 29.3 Å². The summed E-state index contributed by atoms with van der Waals surface area (Å²) in [4.78, 5) is 16.1. The van der Waals surface area contributed by atoms with Gasteiger partial charge in [0.1, 0.15) is 0 Å². The van der Waals surface area contributed by atoms with Gasteiger partial charge in [0.25, 0.3) is 0 Å². The van der Waals surface area contributed by atoms with Gasteiger partial charge in [-0.2, -0.15) is 0 Å². The maximum absolute atomic E-state index is 11.7. The molecule has 0 saturated carbocycles. The van der Waals surface area contributed by atoms with Crippen molar-refractivity contribution in [1.29, 1.82) is 0 Å². The number of aliphatic hydroxyl groups is 1. The third kappa shape index (κ3) is 6.86. The molecule has 5 nitrogen and oxygen atoms in total. The quantitative estimate of drug-likeness (QED) is 0.756. The minimum absolute atomic E-state index is 0.146. The van der Waals surface area contributed by atoms with E-state index in [1.165, 1.54) is 11.3 Å². The third-order valence-electron chi connectivity index (χ3n) is 2.72. The summed E-state index contributed by atoms with van der Waals surface area (Å²) in [6.07, 6.45) is 1.58. The van der Waals surface area contributed by atoms with Crippen LogP contribution in [-0.2, 0) is 6.42 Å². The van der Waals surface area contributed by atoms with Crippen molar-refractivity contribution in [3.63, 3.8) is 0 Å². The minimum atomic E-state index is -0.244. The van der Waals surface area contributed by atoms with Crippen molar-refractivity contribution in [3.05, 3.63) is 11.1 Å².